The van der Waals surface area contributed by atoms with Gasteiger partial charge in [-0.1, -0.05) is 23.8 Å². The van der Waals surface area contributed by atoms with Crippen molar-refractivity contribution in [3.05, 3.63) is 63.4 Å². The first-order valence-electron chi connectivity index (χ1n) is 9.08. The van der Waals surface area contributed by atoms with E-state index in [9.17, 15) is 19.7 Å². The van der Waals surface area contributed by atoms with Crippen LogP contribution in [0.15, 0.2) is 52.0 Å². The zero-order chi connectivity index (χ0) is 20.3. The third-order valence-corrected chi connectivity index (χ3v) is 6.12. The summed E-state index contributed by atoms with van der Waals surface area (Å²) in [5, 5.41) is 16.0. The van der Waals surface area contributed by atoms with Gasteiger partial charge in [0, 0.05) is 17.7 Å². The lowest BCUT2D eigenvalue weighted by Gasteiger charge is -2.13. The van der Waals surface area contributed by atoms with Gasteiger partial charge in [-0.25, -0.2) is 0 Å². The fraction of sp³-hybridized carbons (Fsp3) is 0.250. The molecule has 2 heterocycles. The van der Waals surface area contributed by atoms with Crippen LogP contribution >= 0.6 is 11.6 Å². The van der Waals surface area contributed by atoms with Crippen LogP contribution in [0.3, 0.4) is 0 Å². The third-order valence-electron chi connectivity index (χ3n) is 5.80. The Morgan fingerprint density at radius 2 is 1.83 bits per heavy atom. The molecule has 2 aliphatic carbocycles. The minimum absolute atomic E-state index is 0.118. The highest BCUT2D eigenvalue weighted by atomic mass is 35.5. The number of furan rings is 1. The highest BCUT2D eigenvalue weighted by Gasteiger charge is 2.59. The molecule has 5 rings (SSSR count). The van der Waals surface area contributed by atoms with Crippen LogP contribution in [0.25, 0.3) is 11.3 Å². The summed E-state index contributed by atoms with van der Waals surface area (Å²) in [5.41, 5.74) is 0.370. The number of fused-ring (bicyclic) bond motifs is 5. The number of nitro benzene ring substituents is 1. The van der Waals surface area contributed by atoms with Gasteiger partial charge in [-0.2, -0.15) is 10.1 Å². The number of halogens is 1. The Bertz CT molecular complexity index is 1090. The Hall–Kier alpha value is -3.26. The van der Waals surface area contributed by atoms with E-state index in [2.05, 4.69) is 5.10 Å². The number of hydrogen-bond donors (Lipinski definition) is 0. The normalized spacial score (nSPS) is 27.4. The van der Waals surface area contributed by atoms with Gasteiger partial charge in [0.1, 0.15) is 11.5 Å². The van der Waals surface area contributed by atoms with Crippen LogP contribution in [0.2, 0.25) is 5.02 Å². The number of carbonyl (C=O) groups excluding carboxylic acids is 2. The smallest absolute Gasteiger partial charge is 0.270 e. The molecule has 2 aromatic rings. The van der Waals surface area contributed by atoms with Crippen LogP contribution in [0.5, 0.6) is 0 Å². The summed E-state index contributed by atoms with van der Waals surface area (Å²) < 4.78 is 5.66. The molecule has 0 spiro atoms. The van der Waals surface area contributed by atoms with Crippen LogP contribution in [-0.4, -0.2) is 28.0 Å². The second-order valence-electron chi connectivity index (χ2n) is 7.36. The van der Waals surface area contributed by atoms with Crippen molar-refractivity contribution in [3.63, 3.8) is 0 Å². The number of hydrogen-bond acceptors (Lipinski definition) is 6. The number of benzene rings is 1. The topological polar surface area (TPSA) is 106 Å². The number of amides is 2. The molecule has 0 radical (unpaired) electrons. The highest BCUT2D eigenvalue weighted by molar-refractivity contribution is 6.33. The maximum absolute atomic E-state index is 12.6. The molecule has 1 saturated carbocycles. The standard InChI is InChI=1S/C20H14ClN3O5/c21-15-8-12(24(27)28)3-5-14(15)16-6-4-13(29-16)9-22-23-19(25)17-10-1-2-11(7-10)18(17)20(23)26/h1-6,8-11,17-18H,7H2/b22-9-/t10-,11-,17-,18+/m0/s1. The molecule has 4 atom stereocenters. The predicted molar refractivity (Wildman–Crippen MR) is 103 cm³/mol. The predicted octanol–water partition coefficient (Wildman–Crippen LogP) is 3.65. The van der Waals surface area contributed by atoms with E-state index in [1.54, 1.807) is 12.1 Å². The van der Waals surface area contributed by atoms with Gasteiger partial charge in [0.25, 0.3) is 17.5 Å². The van der Waals surface area contributed by atoms with Gasteiger partial charge < -0.3 is 4.42 Å². The molecular formula is C20H14ClN3O5. The summed E-state index contributed by atoms with van der Waals surface area (Å²) in [6.07, 6.45) is 6.23. The zero-order valence-electron chi connectivity index (χ0n) is 14.9. The summed E-state index contributed by atoms with van der Waals surface area (Å²) in [6.45, 7) is 0. The van der Waals surface area contributed by atoms with Crippen molar-refractivity contribution in [1.29, 1.82) is 0 Å². The Balaban J connectivity index is 1.36. The second kappa shape index (κ2) is 6.38. The van der Waals surface area contributed by atoms with E-state index in [1.807, 2.05) is 12.2 Å². The maximum atomic E-state index is 12.6. The molecule has 0 unspecified atom stereocenters. The number of rotatable bonds is 4. The summed E-state index contributed by atoms with van der Waals surface area (Å²) in [5.74, 6) is -0.168. The fourth-order valence-electron chi connectivity index (χ4n) is 4.50. The van der Waals surface area contributed by atoms with E-state index in [0.29, 0.717) is 17.1 Å². The lowest BCUT2D eigenvalue weighted by atomic mass is 9.85. The fourth-order valence-corrected chi connectivity index (χ4v) is 4.77. The van der Waals surface area contributed by atoms with Crippen molar-refractivity contribution in [2.24, 2.45) is 28.8 Å². The molecule has 9 heteroatoms. The zero-order valence-corrected chi connectivity index (χ0v) is 15.7. The summed E-state index contributed by atoms with van der Waals surface area (Å²) in [6, 6.07) is 7.34. The number of imide groups is 1. The number of non-ortho nitro benzene ring substituents is 1. The van der Waals surface area contributed by atoms with E-state index < -0.39 is 4.92 Å². The van der Waals surface area contributed by atoms with Crippen LogP contribution in [0.4, 0.5) is 5.69 Å². The molecule has 8 nitrogen and oxygen atoms in total. The summed E-state index contributed by atoms with van der Waals surface area (Å²) >= 11 is 6.12. The number of nitrogens with zero attached hydrogens (tertiary/aromatic N) is 3. The summed E-state index contributed by atoms with van der Waals surface area (Å²) in [4.78, 5) is 35.5. The maximum Gasteiger partial charge on any atom is 0.270 e. The Kier molecular flexibility index (Phi) is 3.92. The van der Waals surface area contributed by atoms with Gasteiger partial charge in [-0.05, 0) is 36.5 Å². The monoisotopic (exact) mass is 411 g/mol. The highest BCUT2D eigenvalue weighted by Crippen LogP contribution is 2.52. The van der Waals surface area contributed by atoms with Crippen molar-refractivity contribution in [1.82, 2.24) is 5.01 Å². The quantitative estimate of drug-likeness (QED) is 0.251. The van der Waals surface area contributed by atoms with Crippen molar-refractivity contribution in [2.45, 2.75) is 6.42 Å². The Labute approximate surface area is 169 Å². The molecule has 3 aliphatic rings. The number of allylic oxidation sites excluding steroid dienone is 2. The molecule has 0 N–H and O–H groups in total. The number of nitro groups is 1. The van der Waals surface area contributed by atoms with Crippen molar-refractivity contribution >= 4 is 35.3 Å². The molecule has 1 saturated heterocycles. The minimum Gasteiger partial charge on any atom is -0.455 e. The third kappa shape index (κ3) is 2.71. The van der Waals surface area contributed by atoms with Crippen molar-refractivity contribution in [3.8, 4) is 11.3 Å². The largest absolute Gasteiger partial charge is 0.455 e. The van der Waals surface area contributed by atoms with Gasteiger partial charge in [0.2, 0.25) is 0 Å². The molecule has 1 aromatic heterocycles. The Morgan fingerprint density at radius 3 is 2.45 bits per heavy atom. The van der Waals surface area contributed by atoms with E-state index in [-0.39, 0.29) is 46.2 Å². The molecule has 1 aliphatic heterocycles. The molecule has 2 fully saturated rings. The lowest BCUT2D eigenvalue weighted by Crippen LogP contribution is -2.28. The lowest BCUT2D eigenvalue weighted by molar-refractivity contribution is -0.384. The average molecular weight is 412 g/mol. The average Bonchev–Trinajstić information content (AvgIpc) is 3.46. The van der Waals surface area contributed by atoms with Gasteiger partial charge in [0.05, 0.1) is 28.0 Å². The molecule has 2 bridgehead atoms. The first-order valence-corrected chi connectivity index (χ1v) is 9.46. The van der Waals surface area contributed by atoms with Crippen LogP contribution < -0.4 is 0 Å². The van der Waals surface area contributed by atoms with Gasteiger partial charge in [-0.15, -0.1) is 0 Å². The molecule has 146 valence electrons. The van der Waals surface area contributed by atoms with Crippen LogP contribution in [0, 0.1) is 33.8 Å². The molecule has 29 heavy (non-hydrogen) atoms. The van der Waals surface area contributed by atoms with E-state index in [0.717, 1.165) is 11.4 Å². The molecular weight excluding hydrogens is 398 g/mol. The first-order chi connectivity index (χ1) is 13.9. The minimum atomic E-state index is -0.531. The van der Waals surface area contributed by atoms with E-state index in [4.69, 9.17) is 16.0 Å². The van der Waals surface area contributed by atoms with E-state index >= 15 is 0 Å². The first kappa shape index (κ1) is 17.8. The van der Waals surface area contributed by atoms with Crippen molar-refractivity contribution in [2.75, 3.05) is 0 Å². The van der Waals surface area contributed by atoms with Crippen LogP contribution in [-0.2, 0) is 9.59 Å². The number of hydrazone groups is 1. The van der Waals surface area contributed by atoms with E-state index in [1.165, 1.54) is 24.4 Å². The summed E-state index contributed by atoms with van der Waals surface area (Å²) in [7, 11) is 0. The van der Waals surface area contributed by atoms with Gasteiger partial charge >= 0.3 is 0 Å². The molecule has 1 aromatic carbocycles. The van der Waals surface area contributed by atoms with Gasteiger partial charge in [-0.3, -0.25) is 19.7 Å². The molecule has 2 amide bonds. The second-order valence-corrected chi connectivity index (χ2v) is 7.76. The number of carbonyl (C=O) groups is 2. The Morgan fingerprint density at radius 1 is 1.14 bits per heavy atom. The van der Waals surface area contributed by atoms with Gasteiger partial charge in [0.15, 0.2) is 0 Å². The van der Waals surface area contributed by atoms with Crippen LogP contribution in [0.1, 0.15) is 12.2 Å². The SMILES string of the molecule is O=C1[C@@H]2[C@H](C(=O)N1/N=C\c1ccc(-c3ccc([N+](=O)[O-])cc3Cl)o1)[C@H]1C=C[C@H]2C1. The van der Waals surface area contributed by atoms with Crippen molar-refractivity contribution < 1.29 is 18.9 Å².